The Morgan fingerprint density at radius 1 is 1.23 bits per heavy atom. The van der Waals surface area contributed by atoms with Gasteiger partial charge in [0.1, 0.15) is 34.7 Å². The van der Waals surface area contributed by atoms with Crippen LogP contribution >= 0.6 is 11.3 Å². The van der Waals surface area contributed by atoms with Crippen LogP contribution < -0.4 is 26.0 Å². The third-order valence-electron chi connectivity index (χ3n) is 9.61. The SMILES string of the molecule is COc1nc(N2CC3(CCc4sc(N)c(C#N)c43)C2)c(C#N)c(N(C)C(C)c2cccnc2N)n1.FC1CC2CCCN2C1. The molecular formula is C31H37FN10OS. The molecule has 4 aliphatic rings. The van der Waals surface area contributed by atoms with Gasteiger partial charge in [0.2, 0.25) is 0 Å². The van der Waals surface area contributed by atoms with E-state index in [-0.39, 0.29) is 17.5 Å². The number of hydrogen-bond acceptors (Lipinski definition) is 12. The zero-order valence-corrected chi connectivity index (χ0v) is 26.1. The molecule has 11 nitrogen and oxygen atoms in total. The van der Waals surface area contributed by atoms with Crippen molar-refractivity contribution in [1.29, 1.82) is 10.5 Å². The predicted octanol–water partition coefficient (Wildman–Crippen LogP) is 3.94. The van der Waals surface area contributed by atoms with Crippen LogP contribution in [0.4, 0.5) is 26.8 Å². The van der Waals surface area contributed by atoms with Crippen molar-refractivity contribution in [3.8, 4) is 18.1 Å². The molecule has 0 saturated carbocycles. The topological polar surface area (TPSA) is 157 Å². The summed E-state index contributed by atoms with van der Waals surface area (Å²) in [5.74, 6) is 1.40. The summed E-state index contributed by atoms with van der Waals surface area (Å²) >= 11 is 1.52. The first-order chi connectivity index (χ1) is 21.2. The highest BCUT2D eigenvalue weighted by atomic mass is 32.1. The molecule has 3 aliphatic heterocycles. The molecule has 4 N–H and O–H groups in total. The number of nitrogens with zero attached hydrogens (tertiary/aromatic N) is 8. The molecule has 3 aromatic rings. The number of methoxy groups -OCH3 is 1. The molecule has 0 bridgehead atoms. The van der Waals surface area contributed by atoms with Crippen LogP contribution in [-0.2, 0) is 11.8 Å². The van der Waals surface area contributed by atoms with Crippen LogP contribution in [0.3, 0.4) is 0 Å². The van der Waals surface area contributed by atoms with E-state index in [4.69, 9.17) is 16.2 Å². The highest BCUT2D eigenvalue weighted by molar-refractivity contribution is 7.16. The van der Waals surface area contributed by atoms with Crippen molar-refractivity contribution in [2.75, 3.05) is 61.6 Å². The Morgan fingerprint density at radius 2 is 2.00 bits per heavy atom. The van der Waals surface area contributed by atoms with E-state index in [0.717, 1.165) is 36.9 Å². The lowest BCUT2D eigenvalue weighted by Crippen LogP contribution is -2.59. The van der Waals surface area contributed by atoms with E-state index >= 15 is 0 Å². The van der Waals surface area contributed by atoms with E-state index in [1.54, 1.807) is 6.20 Å². The van der Waals surface area contributed by atoms with Gasteiger partial charge in [-0.2, -0.15) is 20.5 Å². The average molecular weight is 617 g/mol. The molecule has 7 rings (SSSR count). The van der Waals surface area contributed by atoms with Gasteiger partial charge in [-0.05, 0) is 57.2 Å². The largest absolute Gasteiger partial charge is 0.467 e. The van der Waals surface area contributed by atoms with Crippen molar-refractivity contribution >= 4 is 33.8 Å². The van der Waals surface area contributed by atoms with Crippen molar-refractivity contribution in [2.45, 2.75) is 62.7 Å². The summed E-state index contributed by atoms with van der Waals surface area (Å²) < 4.78 is 18.0. The Hall–Kier alpha value is -4.20. The van der Waals surface area contributed by atoms with E-state index in [1.165, 1.54) is 36.2 Å². The number of hydrogen-bond donors (Lipinski definition) is 2. The van der Waals surface area contributed by atoms with E-state index in [2.05, 4.69) is 36.9 Å². The van der Waals surface area contributed by atoms with Crippen LogP contribution in [0.25, 0.3) is 0 Å². The summed E-state index contributed by atoms with van der Waals surface area (Å²) in [5.41, 5.74) is 14.9. The van der Waals surface area contributed by atoms with Crippen LogP contribution in [0.2, 0.25) is 0 Å². The molecule has 0 radical (unpaired) electrons. The predicted molar refractivity (Wildman–Crippen MR) is 169 cm³/mol. The molecule has 1 spiro atoms. The zero-order chi connectivity index (χ0) is 31.2. The number of anilines is 4. The van der Waals surface area contributed by atoms with E-state index in [0.29, 0.717) is 59.3 Å². The van der Waals surface area contributed by atoms with Gasteiger partial charge in [0.05, 0.1) is 18.7 Å². The highest BCUT2D eigenvalue weighted by Crippen LogP contribution is 2.53. The normalized spacial score (nSPS) is 21.8. The quantitative estimate of drug-likeness (QED) is 0.428. The lowest BCUT2D eigenvalue weighted by atomic mass is 9.74. The monoisotopic (exact) mass is 616 g/mol. The number of alkyl halides is 1. The van der Waals surface area contributed by atoms with Gasteiger partial charge < -0.3 is 26.0 Å². The molecule has 1 aliphatic carbocycles. The van der Waals surface area contributed by atoms with Gasteiger partial charge in [-0.1, -0.05) is 6.07 Å². The number of halogens is 1. The fraction of sp³-hybridized carbons (Fsp3) is 0.516. The van der Waals surface area contributed by atoms with Crippen LogP contribution in [0.1, 0.15) is 65.8 Å². The van der Waals surface area contributed by atoms with Crippen molar-refractivity contribution in [1.82, 2.24) is 19.9 Å². The second-order valence-electron chi connectivity index (χ2n) is 12.1. The van der Waals surface area contributed by atoms with Crippen molar-refractivity contribution in [3.63, 3.8) is 0 Å². The molecule has 44 heavy (non-hydrogen) atoms. The first-order valence-electron chi connectivity index (χ1n) is 14.9. The maximum atomic E-state index is 12.6. The van der Waals surface area contributed by atoms with Gasteiger partial charge >= 0.3 is 6.01 Å². The fourth-order valence-corrected chi connectivity index (χ4v) is 8.41. The minimum Gasteiger partial charge on any atom is -0.467 e. The van der Waals surface area contributed by atoms with Crippen LogP contribution in [0.15, 0.2) is 18.3 Å². The maximum absolute atomic E-state index is 12.6. The number of nitriles is 2. The smallest absolute Gasteiger partial charge is 0.320 e. The maximum Gasteiger partial charge on any atom is 0.320 e. The van der Waals surface area contributed by atoms with Crippen molar-refractivity contribution < 1.29 is 9.13 Å². The van der Waals surface area contributed by atoms with Gasteiger partial charge in [-0.15, -0.1) is 11.3 Å². The van der Waals surface area contributed by atoms with E-state index in [9.17, 15) is 14.9 Å². The first-order valence-corrected chi connectivity index (χ1v) is 15.8. The summed E-state index contributed by atoms with van der Waals surface area (Å²) in [6, 6.07) is 8.94. The van der Waals surface area contributed by atoms with Crippen molar-refractivity contribution in [2.24, 2.45) is 0 Å². The molecule has 230 valence electrons. The minimum atomic E-state index is -0.518. The second-order valence-corrected chi connectivity index (χ2v) is 13.3. The summed E-state index contributed by atoms with van der Waals surface area (Å²) in [6.07, 6.45) is 6.32. The van der Waals surface area contributed by atoms with Crippen LogP contribution in [0.5, 0.6) is 6.01 Å². The molecule has 3 atom stereocenters. The number of nitrogen functional groups attached to an aromatic ring is 2. The number of nitrogens with two attached hydrogens (primary N) is 2. The standard InChI is InChI=1S/C24H25N9OS.C7H12FN/c1-13(14-5-4-8-29-19(14)27)32(2)21-16(10-26)22(31-23(30-21)34-3)33-11-24(12-33)7-6-17-18(24)15(9-25)20(28)35-17;8-6-4-7-2-1-3-9(7)5-6/h4-5,8,13H,6-7,11-12,28H2,1-3H3,(H2,27,29);6-7H,1-5H2. The lowest BCUT2D eigenvalue weighted by Gasteiger charge is -2.49. The Labute approximate surface area is 260 Å². The molecule has 6 heterocycles. The second kappa shape index (κ2) is 11.7. The molecule has 3 aromatic heterocycles. The fourth-order valence-electron chi connectivity index (χ4n) is 7.27. The zero-order valence-electron chi connectivity index (χ0n) is 25.3. The first kappa shape index (κ1) is 29.9. The van der Waals surface area contributed by atoms with Crippen molar-refractivity contribution in [3.05, 3.63) is 45.5 Å². The number of ether oxygens (including phenoxy) is 1. The Balaban J connectivity index is 0.000000323. The number of aromatic nitrogens is 3. The van der Waals surface area contributed by atoms with Gasteiger partial charge in [0, 0.05) is 54.8 Å². The number of thiophene rings is 1. The summed E-state index contributed by atoms with van der Waals surface area (Å²) in [5, 5.41) is 20.4. The Morgan fingerprint density at radius 3 is 2.68 bits per heavy atom. The van der Waals surface area contributed by atoms with Crippen LogP contribution in [-0.4, -0.2) is 72.4 Å². The van der Waals surface area contributed by atoms with Gasteiger partial charge in [-0.25, -0.2) is 9.37 Å². The highest BCUT2D eigenvalue weighted by Gasteiger charge is 2.52. The molecule has 3 unspecified atom stereocenters. The van der Waals surface area contributed by atoms with Gasteiger partial charge in [0.25, 0.3) is 0 Å². The van der Waals surface area contributed by atoms with E-state index < -0.39 is 6.17 Å². The summed E-state index contributed by atoms with van der Waals surface area (Å²) in [4.78, 5) is 20.7. The van der Waals surface area contributed by atoms with Crippen LogP contribution in [0, 0.1) is 22.7 Å². The third kappa shape index (κ3) is 5.04. The third-order valence-corrected chi connectivity index (χ3v) is 10.7. The molecule has 3 saturated heterocycles. The number of aryl methyl sites for hydroxylation is 1. The molecule has 0 aromatic carbocycles. The average Bonchev–Trinajstić information content (AvgIpc) is 3.76. The number of rotatable bonds is 5. The van der Waals surface area contributed by atoms with E-state index in [1.807, 2.05) is 31.0 Å². The lowest BCUT2D eigenvalue weighted by molar-refractivity contribution is 0.292. The Kier molecular flexibility index (Phi) is 7.95. The minimum absolute atomic E-state index is 0.150. The summed E-state index contributed by atoms with van der Waals surface area (Å²) in [6.45, 7) is 5.13. The van der Waals surface area contributed by atoms with Gasteiger partial charge in [0.15, 0.2) is 11.6 Å². The summed E-state index contributed by atoms with van der Waals surface area (Å²) in [7, 11) is 3.36. The van der Waals surface area contributed by atoms with Gasteiger partial charge in [-0.3, -0.25) is 4.90 Å². The number of fused-ring (bicyclic) bond motifs is 3. The molecule has 13 heteroatoms. The molecule has 0 amide bonds. The molecule has 3 fully saturated rings. The molecular weight excluding hydrogens is 579 g/mol. The Bertz CT molecular complexity index is 1630. The number of pyridine rings is 1.